The van der Waals surface area contributed by atoms with Crippen LogP contribution in [0.4, 0.5) is 0 Å². The Labute approximate surface area is 103 Å². The number of nitrogens with zero attached hydrogens (tertiary/aromatic N) is 1. The molecule has 2 aromatic heterocycles. The first kappa shape index (κ1) is 11.9. The summed E-state index contributed by atoms with van der Waals surface area (Å²) in [5.74, 6) is -1.23. The number of hydrogen-bond donors (Lipinski definition) is 2. The van der Waals surface area contributed by atoms with Crippen LogP contribution in [0, 0.1) is 6.92 Å². The van der Waals surface area contributed by atoms with Gasteiger partial charge in [-0.15, -0.1) is 11.3 Å². The Hall–Kier alpha value is -1.62. The third-order valence-corrected chi connectivity index (χ3v) is 3.99. The van der Waals surface area contributed by atoms with Gasteiger partial charge in [0.05, 0.1) is 17.3 Å². The first-order chi connectivity index (χ1) is 8.13. The molecule has 0 radical (unpaired) electrons. The van der Waals surface area contributed by atoms with E-state index in [2.05, 4.69) is 9.97 Å². The lowest BCUT2D eigenvalue weighted by atomic mass is 10.0. The van der Waals surface area contributed by atoms with Crippen LogP contribution in [0.5, 0.6) is 0 Å². The van der Waals surface area contributed by atoms with Crippen LogP contribution in [0.15, 0.2) is 18.3 Å². The number of carboxylic acids is 1. The van der Waals surface area contributed by atoms with E-state index < -0.39 is 11.9 Å². The molecule has 0 fully saturated rings. The minimum Gasteiger partial charge on any atom is -0.481 e. The van der Waals surface area contributed by atoms with Crippen LogP contribution in [-0.2, 0) is 4.79 Å². The van der Waals surface area contributed by atoms with Gasteiger partial charge in [-0.3, -0.25) is 4.79 Å². The summed E-state index contributed by atoms with van der Waals surface area (Å²) in [6, 6.07) is 3.84. The highest BCUT2D eigenvalue weighted by molar-refractivity contribution is 7.15. The van der Waals surface area contributed by atoms with E-state index in [0.29, 0.717) is 6.42 Å². The number of carboxylic acid groups (broad SMARTS) is 1. The molecule has 0 bridgehead atoms. The molecule has 17 heavy (non-hydrogen) atoms. The summed E-state index contributed by atoms with van der Waals surface area (Å²) in [5, 5.41) is 10.0. The Balaban J connectivity index is 2.40. The number of aromatic nitrogens is 2. The molecule has 4 nitrogen and oxygen atoms in total. The zero-order chi connectivity index (χ0) is 12.4. The van der Waals surface area contributed by atoms with Crippen molar-refractivity contribution in [2.24, 2.45) is 0 Å². The molecule has 1 atom stereocenters. The van der Waals surface area contributed by atoms with Crippen molar-refractivity contribution in [1.29, 1.82) is 0 Å². The monoisotopic (exact) mass is 250 g/mol. The number of hydrogen-bond acceptors (Lipinski definition) is 3. The van der Waals surface area contributed by atoms with E-state index in [1.54, 1.807) is 0 Å². The van der Waals surface area contributed by atoms with Crippen molar-refractivity contribution in [1.82, 2.24) is 9.97 Å². The standard InChI is InChI=1S/C12H14N2O2S/c1-3-8(12(15)16)10-7(2)14-11(17-10)9-5-4-6-13-9/h4-6,8,13H,3H2,1-2H3,(H,15,16). The molecule has 0 aromatic carbocycles. The fourth-order valence-electron chi connectivity index (χ4n) is 1.78. The maximum absolute atomic E-state index is 11.2. The molecule has 0 saturated heterocycles. The highest BCUT2D eigenvalue weighted by Gasteiger charge is 2.23. The van der Waals surface area contributed by atoms with Gasteiger partial charge in [-0.1, -0.05) is 6.92 Å². The topological polar surface area (TPSA) is 66.0 Å². The number of carbonyl (C=O) groups is 1. The molecule has 0 saturated carbocycles. The van der Waals surface area contributed by atoms with E-state index in [4.69, 9.17) is 5.11 Å². The van der Waals surface area contributed by atoms with Crippen LogP contribution in [0.2, 0.25) is 0 Å². The lowest BCUT2D eigenvalue weighted by Gasteiger charge is -2.06. The van der Waals surface area contributed by atoms with Crippen LogP contribution in [0.1, 0.15) is 29.8 Å². The predicted octanol–water partition coefficient (Wildman–Crippen LogP) is 3.02. The van der Waals surface area contributed by atoms with Gasteiger partial charge in [-0.25, -0.2) is 4.98 Å². The number of aliphatic carboxylic acids is 1. The summed E-state index contributed by atoms with van der Waals surface area (Å²) in [7, 11) is 0. The molecule has 2 heterocycles. The second-order valence-corrected chi connectivity index (χ2v) is 4.88. The smallest absolute Gasteiger partial charge is 0.311 e. The summed E-state index contributed by atoms with van der Waals surface area (Å²) >= 11 is 1.46. The Bertz CT molecular complexity index is 517. The van der Waals surface area contributed by atoms with Gasteiger partial charge in [0.15, 0.2) is 0 Å². The number of H-pyrrole nitrogens is 1. The normalized spacial score (nSPS) is 12.6. The highest BCUT2D eigenvalue weighted by Crippen LogP contribution is 2.33. The van der Waals surface area contributed by atoms with Crippen molar-refractivity contribution in [2.45, 2.75) is 26.2 Å². The summed E-state index contributed by atoms with van der Waals surface area (Å²) in [6.45, 7) is 3.75. The van der Waals surface area contributed by atoms with Gasteiger partial charge in [0.25, 0.3) is 0 Å². The van der Waals surface area contributed by atoms with Gasteiger partial charge < -0.3 is 10.1 Å². The third-order valence-electron chi connectivity index (χ3n) is 2.68. The van der Waals surface area contributed by atoms with E-state index in [-0.39, 0.29) is 0 Å². The van der Waals surface area contributed by atoms with Crippen LogP contribution < -0.4 is 0 Å². The van der Waals surface area contributed by atoms with E-state index in [1.807, 2.05) is 32.2 Å². The number of aryl methyl sites for hydroxylation is 1. The summed E-state index contributed by atoms with van der Waals surface area (Å²) in [5.41, 5.74) is 1.75. The quantitative estimate of drug-likeness (QED) is 0.876. The van der Waals surface area contributed by atoms with Crippen LogP contribution >= 0.6 is 11.3 Å². The Morgan fingerprint density at radius 3 is 2.94 bits per heavy atom. The molecule has 0 aliphatic heterocycles. The summed E-state index contributed by atoms with van der Waals surface area (Å²) in [6.07, 6.45) is 2.42. The molecule has 0 aliphatic carbocycles. The molecule has 1 unspecified atom stereocenters. The average Bonchev–Trinajstić information content (AvgIpc) is 2.89. The van der Waals surface area contributed by atoms with Gasteiger partial charge in [0.2, 0.25) is 0 Å². The zero-order valence-corrected chi connectivity index (χ0v) is 10.5. The highest BCUT2D eigenvalue weighted by atomic mass is 32.1. The van der Waals surface area contributed by atoms with Crippen molar-refractivity contribution < 1.29 is 9.90 Å². The van der Waals surface area contributed by atoms with Crippen molar-refractivity contribution in [3.8, 4) is 10.7 Å². The first-order valence-electron chi connectivity index (χ1n) is 5.47. The summed E-state index contributed by atoms with van der Waals surface area (Å²) in [4.78, 5) is 19.5. The second kappa shape index (κ2) is 4.71. The van der Waals surface area contributed by atoms with E-state index >= 15 is 0 Å². The average molecular weight is 250 g/mol. The van der Waals surface area contributed by atoms with Crippen LogP contribution in [-0.4, -0.2) is 21.0 Å². The van der Waals surface area contributed by atoms with Crippen molar-refractivity contribution in [2.75, 3.05) is 0 Å². The number of nitrogens with one attached hydrogen (secondary N) is 1. The molecule has 0 aliphatic rings. The molecule has 2 rings (SSSR count). The Morgan fingerprint density at radius 1 is 1.65 bits per heavy atom. The molecular weight excluding hydrogens is 236 g/mol. The van der Waals surface area contributed by atoms with Crippen LogP contribution in [0.25, 0.3) is 10.7 Å². The van der Waals surface area contributed by atoms with Crippen molar-refractivity contribution >= 4 is 17.3 Å². The van der Waals surface area contributed by atoms with E-state index in [1.165, 1.54) is 11.3 Å². The third kappa shape index (κ3) is 2.24. The molecular formula is C12H14N2O2S. The van der Waals surface area contributed by atoms with Gasteiger partial charge >= 0.3 is 5.97 Å². The molecule has 0 amide bonds. The number of aromatic amines is 1. The lowest BCUT2D eigenvalue weighted by molar-refractivity contribution is -0.138. The van der Waals surface area contributed by atoms with Crippen LogP contribution in [0.3, 0.4) is 0 Å². The Morgan fingerprint density at radius 2 is 2.41 bits per heavy atom. The molecule has 0 spiro atoms. The molecule has 5 heteroatoms. The maximum atomic E-state index is 11.2. The van der Waals surface area contributed by atoms with E-state index in [9.17, 15) is 4.79 Å². The number of rotatable bonds is 4. The van der Waals surface area contributed by atoms with Gasteiger partial charge in [-0.2, -0.15) is 0 Å². The first-order valence-corrected chi connectivity index (χ1v) is 6.29. The fourth-order valence-corrected chi connectivity index (χ4v) is 3.01. The maximum Gasteiger partial charge on any atom is 0.311 e. The largest absolute Gasteiger partial charge is 0.481 e. The van der Waals surface area contributed by atoms with Gasteiger partial charge in [0.1, 0.15) is 5.01 Å². The number of thiazole rings is 1. The van der Waals surface area contributed by atoms with Gasteiger partial charge in [0, 0.05) is 11.1 Å². The zero-order valence-electron chi connectivity index (χ0n) is 9.73. The minimum absolute atomic E-state index is 0.448. The minimum atomic E-state index is -0.780. The Kier molecular flexibility index (Phi) is 3.28. The van der Waals surface area contributed by atoms with Crippen molar-refractivity contribution in [3.63, 3.8) is 0 Å². The molecule has 90 valence electrons. The molecule has 2 aromatic rings. The van der Waals surface area contributed by atoms with Crippen molar-refractivity contribution in [3.05, 3.63) is 28.9 Å². The van der Waals surface area contributed by atoms with E-state index in [0.717, 1.165) is 21.3 Å². The predicted molar refractivity (Wildman–Crippen MR) is 67.3 cm³/mol. The SMILES string of the molecule is CCC(C(=O)O)c1sc(-c2ccc[nH]2)nc1C. The summed E-state index contributed by atoms with van der Waals surface area (Å²) < 4.78 is 0. The fraction of sp³-hybridized carbons (Fsp3) is 0.333. The van der Waals surface area contributed by atoms with Gasteiger partial charge in [-0.05, 0) is 25.5 Å². The molecule has 2 N–H and O–H groups in total. The second-order valence-electron chi connectivity index (χ2n) is 3.85. The lowest BCUT2D eigenvalue weighted by Crippen LogP contribution is -2.09.